The Morgan fingerprint density at radius 1 is 1.50 bits per heavy atom. The van der Waals surface area contributed by atoms with E-state index in [2.05, 4.69) is 15.4 Å². The van der Waals surface area contributed by atoms with Gasteiger partial charge < -0.3 is 20.5 Å². The third-order valence-corrected chi connectivity index (χ3v) is 2.86. The molecule has 2 atom stereocenters. The molecule has 102 valence electrons. The van der Waals surface area contributed by atoms with Crippen LogP contribution < -0.4 is 10.6 Å². The zero-order valence-corrected chi connectivity index (χ0v) is 10.3. The molecule has 1 aliphatic heterocycles. The first-order valence-electron chi connectivity index (χ1n) is 5.88. The van der Waals surface area contributed by atoms with Gasteiger partial charge in [-0.25, -0.2) is 4.79 Å². The van der Waals surface area contributed by atoms with Crippen molar-refractivity contribution in [2.24, 2.45) is 0 Å². The van der Waals surface area contributed by atoms with Crippen molar-refractivity contribution in [1.82, 2.24) is 10.6 Å². The van der Waals surface area contributed by atoms with Gasteiger partial charge in [-0.1, -0.05) is 0 Å². The van der Waals surface area contributed by atoms with Crippen LogP contribution >= 0.6 is 0 Å². The number of hydrogen-bond acceptors (Lipinski definition) is 5. The Hall–Kier alpha value is -1.63. The molecule has 0 aromatic heterocycles. The number of carbonyl (C=O) groups excluding carboxylic acids is 2. The molecule has 0 bridgehead atoms. The summed E-state index contributed by atoms with van der Waals surface area (Å²) in [6.07, 6.45) is 1.60. The maximum Gasteiger partial charge on any atom is 0.326 e. The van der Waals surface area contributed by atoms with Crippen LogP contribution in [0.2, 0.25) is 0 Å². The van der Waals surface area contributed by atoms with Crippen LogP contribution in [0.25, 0.3) is 0 Å². The van der Waals surface area contributed by atoms with Crippen LogP contribution in [-0.4, -0.2) is 48.7 Å². The zero-order chi connectivity index (χ0) is 13.5. The van der Waals surface area contributed by atoms with Crippen LogP contribution in [0.1, 0.15) is 25.7 Å². The highest BCUT2D eigenvalue weighted by atomic mass is 16.5. The Labute approximate surface area is 105 Å². The van der Waals surface area contributed by atoms with E-state index in [1.54, 1.807) is 0 Å². The summed E-state index contributed by atoms with van der Waals surface area (Å²) in [5.41, 5.74) is 0. The molecular formula is C11H18N2O5. The fourth-order valence-corrected chi connectivity index (χ4v) is 1.80. The molecule has 1 heterocycles. The normalized spacial score (nSPS) is 20.2. The number of aliphatic carboxylic acids is 1. The number of hydrogen-bond donors (Lipinski definition) is 3. The van der Waals surface area contributed by atoms with Gasteiger partial charge in [-0.05, 0) is 25.8 Å². The quantitative estimate of drug-likeness (QED) is 0.542. The second kappa shape index (κ2) is 6.95. The van der Waals surface area contributed by atoms with Crippen molar-refractivity contribution in [3.8, 4) is 0 Å². The molecule has 18 heavy (non-hydrogen) atoms. The molecular weight excluding hydrogens is 240 g/mol. The third-order valence-electron chi connectivity index (χ3n) is 2.86. The lowest BCUT2D eigenvalue weighted by molar-refractivity contribution is -0.144. The molecule has 0 saturated carbocycles. The Morgan fingerprint density at radius 2 is 2.22 bits per heavy atom. The van der Waals surface area contributed by atoms with Crippen molar-refractivity contribution < 1.29 is 24.2 Å². The van der Waals surface area contributed by atoms with Crippen LogP contribution in [0, 0.1) is 0 Å². The lowest BCUT2D eigenvalue weighted by atomic mass is 10.1. The highest BCUT2D eigenvalue weighted by molar-refractivity contribution is 5.87. The largest absolute Gasteiger partial charge is 0.480 e. The van der Waals surface area contributed by atoms with E-state index in [0.29, 0.717) is 6.42 Å². The standard InChI is InChI=1S/C11H18N2O5/c1-18-9(14)5-4-8(11(16)17)13-10(15)7-3-2-6-12-7/h7-8,12H,2-6H2,1H3,(H,13,15)(H,16,17)/t7-,8+/m0/s1. The predicted molar refractivity (Wildman–Crippen MR) is 61.8 cm³/mol. The molecule has 0 unspecified atom stereocenters. The second-order valence-electron chi connectivity index (χ2n) is 4.16. The van der Waals surface area contributed by atoms with Gasteiger partial charge in [0.15, 0.2) is 0 Å². The van der Waals surface area contributed by atoms with Crippen molar-refractivity contribution in [1.29, 1.82) is 0 Å². The summed E-state index contributed by atoms with van der Waals surface area (Å²) in [6.45, 7) is 0.762. The summed E-state index contributed by atoms with van der Waals surface area (Å²) in [4.78, 5) is 33.6. The first kappa shape index (κ1) is 14.4. The fourth-order valence-electron chi connectivity index (χ4n) is 1.80. The van der Waals surface area contributed by atoms with Crippen molar-refractivity contribution in [2.45, 2.75) is 37.8 Å². The van der Waals surface area contributed by atoms with Gasteiger partial charge in [-0.2, -0.15) is 0 Å². The van der Waals surface area contributed by atoms with E-state index in [0.717, 1.165) is 13.0 Å². The summed E-state index contributed by atoms with van der Waals surface area (Å²) in [5.74, 6) is -1.97. The molecule has 7 heteroatoms. The van der Waals surface area contributed by atoms with Crippen molar-refractivity contribution >= 4 is 17.8 Å². The van der Waals surface area contributed by atoms with Gasteiger partial charge in [0.1, 0.15) is 6.04 Å². The average molecular weight is 258 g/mol. The molecule has 3 N–H and O–H groups in total. The molecule has 1 saturated heterocycles. The molecule has 0 aromatic rings. The summed E-state index contributed by atoms with van der Waals surface area (Å²) in [5, 5.41) is 14.4. The summed E-state index contributed by atoms with van der Waals surface area (Å²) < 4.78 is 4.43. The van der Waals surface area contributed by atoms with Gasteiger partial charge in [-0.3, -0.25) is 9.59 Å². The number of carbonyl (C=O) groups is 3. The number of carboxylic acid groups (broad SMARTS) is 1. The minimum atomic E-state index is -1.15. The minimum Gasteiger partial charge on any atom is -0.480 e. The van der Waals surface area contributed by atoms with Crippen LogP contribution in [0.4, 0.5) is 0 Å². The van der Waals surface area contributed by atoms with Crippen LogP contribution in [0.5, 0.6) is 0 Å². The van der Waals surface area contributed by atoms with E-state index in [1.807, 2.05) is 0 Å². The third kappa shape index (κ3) is 4.33. The molecule has 7 nitrogen and oxygen atoms in total. The Balaban J connectivity index is 2.44. The van der Waals surface area contributed by atoms with Crippen molar-refractivity contribution in [3.63, 3.8) is 0 Å². The predicted octanol–water partition coefficient (Wildman–Crippen LogP) is -0.739. The van der Waals surface area contributed by atoms with E-state index < -0.39 is 18.0 Å². The topological polar surface area (TPSA) is 105 Å². The number of methoxy groups -OCH3 is 1. The number of rotatable bonds is 6. The van der Waals surface area contributed by atoms with E-state index in [9.17, 15) is 14.4 Å². The first-order valence-corrected chi connectivity index (χ1v) is 5.88. The Bertz CT molecular complexity index is 325. The average Bonchev–Trinajstić information content (AvgIpc) is 2.87. The number of nitrogens with one attached hydrogen (secondary N) is 2. The maximum atomic E-state index is 11.7. The molecule has 1 amide bonds. The second-order valence-corrected chi connectivity index (χ2v) is 4.16. The lowest BCUT2D eigenvalue weighted by Gasteiger charge is -2.17. The van der Waals surface area contributed by atoms with E-state index in [4.69, 9.17) is 5.11 Å². The number of ether oxygens (including phenoxy) is 1. The number of amides is 1. The molecule has 0 aromatic carbocycles. The molecule has 1 rings (SSSR count). The van der Waals surface area contributed by atoms with Gasteiger partial charge in [0.05, 0.1) is 13.2 Å². The van der Waals surface area contributed by atoms with Crippen LogP contribution in [0.3, 0.4) is 0 Å². The monoisotopic (exact) mass is 258 g/mol. The molecule has 0 radical (unpaired) electrons. The summed E-state index contributed by atoms with van der Waals surface area (Å²) >= 11 is 0. The molecule has 1 aliphatic rings. The molecule has 0 aliphatic carbocycles. The molecule has 0 spiro atoms. The Kier molecular flexibility index (Phi) is 5.57. The first-order chi connectivity index (χ1) is 8.54. The van der Waals surface area contributed by atoms with Gasteiger partial charge in [0.25, 0.3) is 0 Å². The highest BCUT2D eigenvalue weighted by Crippen LogP contribution is 2.06. The number of carboxylic acids is 1. The van der Waals surface area contributed by atoms with Gasteiger partial charge in [0.2, 0.25) is 5.91 Å². The van der Waals surface area contributed by atoms with E-state index >= 15 is 0 Å². The van der Waals surface area contributed by atoms with Gasteiger partial charge in [0, 0.05) is 6.42 Å². The summed E-state index contributed by atoms with van der Waals surface area (Å²) in [6, 6.07) is -1.39. The maximum absolute atomic E-state index is 11.7. The summed E-state index contributed by atoms with van der Waals surface area (Å²) in [7, 11) is 1.24. The van der Waals surface area contributed by atoms with Crippen molar-refractivity contribution in [3.05, 3.63) is 0 Å². The SMILES string of the molecule is COC(=O)CC[C@@H](NC(=O)[C@@H]1CCCN1)C(=O)O. The van der Waals surface area contributed by atoms with Crippen LogP contribution in [0.15, 0.2) is 0 Å². The van der Waals surface area contributed by atoms with E-state index in [1.165, 1.54) is 7.11 Å². The van der Waals surface area contributed by atoms with Gasteiger partial charge >= 0.3 is 11.9 Å². The van der Waals surface area contributed by atoms with Crippen LogP contribution in [-0.2, 0) is 19.1 Å². The minimum absolute atomic E-state index is 0.0282. The zero-order valence-electron chi connectivity index (χ0n) is 10.3. The van der Waals surface area contributed by atoms with E-state index in [-0.39, 0.29) is 24.8 Å². The van der Waals surface area contributed by atoms with Gasteiger partial charge in [-0.15, -0.1) is 0 Å². The number of esters is 1. The molecule has 1 fully saturated rings. The fraction of sp³-hybridized carbons (Fsp3) is 0.727. The lowest BCUT2D eigenvalue weighted by Crippen LogP contribution is -2.48. The highest BCUT2D eigenvalue weighted by Gasteiger charge is 2.27. The smallest absolute Gasteiger partial charge is 0.326 e. The van der Waals surface area contributed by atoms with Crippen molar-refractivity contribution in [2.75, 3.05) is 13.7 Å². The Morgan fingerprint density at radius 3 is 2.72 bits per heavy atom.